The average molecular weight is 440 g/mol. The number of carbonyl (C=O) groups excluding carboxylic acids is 1. The summed E-state index contributed by atoms with van der Waals surface area (Å²) >= 11 is 0. The van der Waals surface area contributed by atoms with E-state index in [1.165, 1.54) is 30.5 Å². The Morgan fingerprint density at radius 2 is 1.79 bits per heavy atom. The number of hydrogen-bond acceptors (Lipinski definition) is 3. The fourth-order valence-electron chi connectivity index (χ4n) is 4.49. The Labute approximate surface area is 193 Å². The molecule has 1 saturated heterocycles. The van der Waals surface area contributed by atoms with Crippen LogP contribution in [-0.4, -0.2) is 28.9 Å². The molecule has 1 aromatic heterocycles. The Hall–Kier alpha value is -3.57. The summed E-state index contributed by atoms with van der Waals surface area (Å²) in [5, 5.41) is 4.10. The summed E-state index contributed by atoms with van der Waals surface area (Å²) in [4.78, 5) is 20.0. The topological polar surface area (TPSA) is 45.2 Å². The van der Waals surface area contributed by atoms with E-state index in [1.54, 1.807) is 18.2 Å². The van der Waals surface area contributed by atoms with Crippen molar-refractivity contribution in [3.05, 3.63) is 95.4 Å². The van der Waals surface area contributed by atoms with Crippen LogP contribution in [0.2, 0.25) is 0 Å². The van der Waals surface area contributed by atoms with Crippen LogP contribution in [0.1, 0.15) is 34.3 Å². The Balaban J connectivity index is 1.32. The van der Waals surface area contributed by atoms with E-state index in [9.17, 15) is 9.18 Å². The van der Waals surface area contributed by atoms with E-state index in [2.05, 4.69) is 16.3 Å². The van der Waals surface area contributed by atoms with Gasteiger partial charge in [-0.1, -0.05) is 30.3 Å². The molecule has 2 heterocycles. The summed E-state index contributed by atoms with van der Waals surface area (Å²) in [5.41, 5.74) is 6.01. The molecule has 1 N–H and O–H groups in total. The van der Waals surface area contributed by atoms with Crippen LogP contribution in [0.5, 0.6) is 0 Å². The molecule has 0 radical (unpaired) electrons. The first-order valence-corrected chi connectivity index (χ1v) is 11.3. The zero-order valence-corrected chi connectivity index (χ0v) is 18.6. The number of nitrogens with one attached hydrogen (secondary N) is 1. The highest BCUT2D eigenvalue weighted by Crippen LogP contribution is 2.26. The molecule has 0 spiro atoms. The molecular formula is C28H26FN3O. The van der Waals surface area contributed by atoms with Gasteiger partial charge in [-0.05, 0) is 91.5 Å². The monoisotopic (exact) mass is 439 g/mol. The number of nitrogens with zero attached hydrogens (tertiary/aromatic N) is 2. The van der Waals surface area contributed by atoms with Crippen molar-refractivity contribution < 1.29 is 9.18 Å². The second kappa shape index (κ2) is 9.12. The second-order valence-corrected chi connectivity index (χ2v) is 8.68. The first-order chi connectivity index (χ1) is 16.1. The van der Waals surface area contributed by atoms with Gasteiger partial charge in [-0.3, -0.25) is 14.7 Å². The highest BCUT2D eigenvalue weighted by atomic mass is 19.1. The molecule has 1 amide bonds. The van der Waals surface area contributed by atoms with Gasteiger partial charge in [0.25, 0.3) is 5.91 Å². The summed E-state index contributed by atoms with van der Waals surface area (Å²) in [6, 6.07) is 19.8. The van der Waals surface area contributed by atoms with Crippen molar-refractivity contribution in [2.75, 3.05) is 18.4 Å². The number of benzene rings is 3. The third kappa shape index (κ3) is 4.64. The summed E-state index contributed by atoms with van der Waals surface area (Å²) in [6.45, 7) is 5.24. The number of rotatable bonds is 5. The van der Waals surface area contributed by atoms with Crippen LogP contribution >= 0.6 is 0 Å². The lowest BCUT2D eigenvalue weighted by molar-refractivity contribution is 0.102. The molecule has 0 saturated carbocycles. The van der Waals surface area contributed by atoms with Gasteiger partial charge in [0.05, 0.1) is 5.52 Å². The minimum atomic E-state index is -0.280. The van der Waals surface area contributed by atoms with Gasteiger partial charge in [0, 0.05) is 29.4 Å². The average Bonchev–Trinajstić information content (AvgIpc) is 3.34. The Morgan fingerprint density at radius 3 is 2.55 bits per heavy atom. The van der Waals surface area contributed by atoms with Crippen LogP contribution in [0.25, 0.3) is 22.0 Å². The number of hydrogen-bond donors (Lipinski definition) is 1. The zero-order valence-electron chi connectivity index (χ0n) is 18.6. The van der Waals surface area contributed by atoms with Crippen LogP contribution in [0.3, 0.4) is 0 Å². The number of pyridine rings is 1. The Kier molecular flexibility index (Phi) is 5.88. The van der Waals surface area contributed by atoms with Gasteiger partial charge in [0.1, 0.15) is 5.82 Å². The number of aromatic nitrogens is 1. The number of halogens is 1. The van der Waals surface area contributed by atoms with Crippen molar-refractivity contribution in [2.24, 2.45) is 0 Å². The second-order valence-electron chi connectivity index (χ2n) is 8.68. The first-order valence-electron chi connectivity index (χ1n) is 11.3. The molecule has 5 heteroatoms. The third-order valence-electron chi connectivity index (χ3n) is 6.32. The third-order valence-corrected chi connectivity index (χ3v) is 6.32. The molecule has 1 fully saturated rings. The largest absolute Gasteiger partial charge is 0.322 e. The number of amides is 1. The van der Waals surface area contributed by atoms with E-state index >= 15 is 0 Å². The molecule has 0 aliphatic carbocycles. The normalized spacial score (nSPS) is 14.0. The standard InChI is InChI=1S/C28H26FN3O/c1-19-26(12-11-24-15-20(17-30-27(19)24)18-32-13-2-3-14-32)31-28(33)22-9-7-21(8-10-22)23-5-4-6-25(29)16-23/h4-12,15-17H,2-3,13-14,18H2,1H3,(H,31,33). The zero-order chi connectivity index (χ0) is 22.8. The number of aryl methyl sites for hydroxylation is 1. The first kappa shape index (κ1) is 21.3. The number of carbonyl (C=O) groups is 1. The lowest BCUT2D eigenvalue weighted by Gasteiger charge is -2.15. The van der Waals surface area contributed by atoms with Gasteiger partial charge >= 0.3 is 0 Å². The Bertz CT molecular complexity index is 1310. The van der Waals surface area contributed by atoms with Crippen LogP contribution in [0, 0.1) is 12.7 Å². The highest BCUT2D eigenvalue weighted by Gasteiger charge is 2.14. The van der Waals surface area contributed by atoms with Gasteiger partial charge in [-0.25, -0.2) is 4.39 Å². The summed E-state index contributed by atoms with van der Waals surface area (Å²) in [5.74, 6) is -0.466. The van der Waals surface area contributed by atoms with Gasteiger partial charge < -0.3 is 5.32 Å². The van der Waals surface area contributed by atoms with Crippen molar-refractivity contribution in [3.8, 4) is 11.1 Å². The quantitative estimate of drug-likeness (QED) is 0.403. The number of likely N-dealkylation sites (tertiary alicyclic amines) is 1. The lowest BCUT2D eigenvalue weighted by Crippen LogP contribution is -2.18. The molecular weight excluding hydrogens is 413 g/mol. The summed E-state index contributed by atoms with van der Waals surface area (Å²) < 4.78 is 13.5. The molecule has 1 aliphatic heterocycles. The smallest absolute Gasteiger partial charge is 0.255 e. The lowest BCUT2D eigenvalue weighted by atomic mass is 10.0. The van der Waals surface area contributed by atoms with Crippen LogP contribution in [0.4, 0.5) is 10.1 Å². The molecule has 3 aromatic carbocycles. The number of fused-ring (bicyclic) bond motifs is 1. The molecule has 0 atom stereocenters. The van der Waals surface area contributed by atoms with E-state index in [0.717, 1.165) is 52.9 Å². The molecule has 0 bridgehead atoms. The maximum absolute atomic E-state index is 13.5. The molecule has 4 aromatic rings. The van der Waals surface area contributed by atoms with Crippen molar-refractivity contribution in [1.82, 2.24) is 9.88 Å². The van der Waals surface area contributed by atoms with E-state index in [4.69, 9.17) is 4.98 Å². The minimum absolute atomic E-state index is 0.186. The molecule has 0 unspecified atom stereocenters. The van der Waals surface area contributed by atoms with Crippen molar-refractivity contribution in [2.45, 2.75) is 26.3 Å². The predicted octanol–water partition coefficient (Wildman–Crippen LogP) is 6.20. The SMILES string of the molecule is Cc1c(NC(=O)c2ccc(-c3cccc(F)c3)cc2)ccc2cc(CN3CCCC3)cnc12. The minimum Gasteiger partial charge on any atom is -0.322 e. The molecule has 4 nitrogen and oxygen atoms in total. The van der Waals surface area contributed by atoms with Gasteiger partial charge in [0.15, 0.2) is 0 Å². The van der Waals surface area contributed by atoms with E-state index in [-0.39, 0.29) is 11.7 Å². The van der Waals surface area contributed by atoms with Crippen LogP contribution in [0.15, 0.2) is 72.9 Å². The van der Waals surface area contributed by atoms with Crippen LogP contribution < -0.4 is 5.32 Å². The number of anilines is 1. The van der Waals surface area contributed by atoms with Crippen molar-refractivity contribution >= 4 is 22.5 Å². The molecule has 33 heavy (non-hydrogen) atoms. The van der Waals surface area contributed by atoms with E-state index < -0.39 is 0 Å². The van der Waals surface area contributed by atoms with Gasteiger partial charge in [-0.15, -0.1) is 0 Å². The fraction of sp³-hybridized carbons (Fsp3) is 0.214. The highest BCUT2D eigenvalue weighted by molar-refractivity contribution is 6.06. The predicted molar refractivity (Wildman–Crippen MR) is 131 cm³/mol. The molecule has 5 rings (SSSR count). The molecule has 166 valence electrons. The molecule has 1 aliphatic rings. The van der Waals surface area contributed by atoms with Gasteiger partial charge in [0.2, 0.25) is 0 Å². The van der Waals surface area contributed by atoms with Crippen molar-refractivity contribution in [1.29, 1.82) is 0 Å². The van der Waals surface area contributed by atoms with E-state index in [0.29, 0.717) is 5.56 Å². The summed E-state index contributed by atoms with van der Waals surface area (Å²) in [7, 11) is 0. The fourth-order valence-corrected chi connectivity index (χ4v) is 4.49. The summed E-state index contributed by atoms with van der Waals surface area (Å²) in [6.07, 6.45) is 4.50. The maximum Gasteiger partial charge on any atom is 0.255 e. The van der Waals surface area contributed by atoms with Crippen LogP contribution in [-0.2, 0) is 6.54 Å². The maximum atomic E-state index is 13.5. The van der Waals surface area contributed by atoms with Gasteiger partial charge in [-0.2, -0.15) is 0 Å². The van der Waals surface area contributed by atoms with Crippen molar-refractivity contribution in [3.63, 3.8) is 0 Å². The van der Waals surface area contributed by atoms with E-state index in [1.807, 2.05) is 43.5 Å². The Morgan fingerprint density at radius 1 is 1.00 bits per heavy atom.